The van der Waals surface area contributed by atoms with Crippen molar-refractivity contribution in [2.45, 2.75) is 6.42 Å². The molecule has 2 heterocycles. The van der Waals surface area contributed by atoms with Crippen LogP contribution >= 0.6 is 46.3 Å². The molecule has 9 heteroatoms. The quantitative estimate of drug-likeness (QED) is 0.793. The van der Waals surface area contributed by atoms with Gasteiger partial charge in [-0.05, 0) is 18.2 Å². The molecule has 0 bridgehead atoms. The molecule has 2 amide bonds. The fraction of sp³-hybridized carbons (Fsp3) is 0.267. The standard InChI is InChI=1S/C15H13Cl2N3O2S2/c16-9-1-2-11(17)10(7-9)12-8-24-14(18-12)19-13(21)3-4-20-5-6-23-15(20)22/h1-2,7-8H,3-6H2,(H,18,19,21). The van der Waals surface area contributed by atoms with Gasteiger partial charge >= 0.3 is 0 Å². The van der Waals surface area contributed by atoms with Crippen molar-refractivity contribution < 1.29 is 9.59 Å². The largest absolute Gasteiger partial charge is 0.332 e. The normalized spacial score (nSPS) is 14.2. The lowest BCUT2D eigenvalue weighted by Gasteiger charge is -2.13. The summed E-state index contributed by atoms with van der Waals surface area (Å²) in [6.45, 7) is 1.13. The molecular formula is C15H13Cl2N3O2S2. The number of nitrogens with zero attached hydrogens (tertiary/aromatic N) is 2. The van der Waals surface area contributed by atoms with Crippen LogP contribution in [-0.4, -0.2) is 39.9 Å². The Kier molecular flexibility index (Phi) is 5.65. The van der Waals surface area contributed by atoms with Gasteiger partial charge in [0.2, 0.25) is 5.91 Å². The highest BCUT2D eigenvalue weighted by atomic mass is 35.5. The molecule has 5 nitrogen and oxygen atoms in total. The van der Waals surface area contributed by atoms with E-state index < -0.39 is 0 Å². The van der Waals surface area contributed by atoms with Crippen LogP contribution in [0.3, 0.4) is 0 Å². The zero-order valence-corrected chi connectivity index (χ0v) is 15.6. The Hall–Kier alpha value is -1.28. The first-order chi connectivity index (χ1) is 11.5. The summed E-state index contributed by atoms with van der Waals surface area (Å²) in [6.07, 6.45) is 0.249. The van der Waals surface area contributed by atoms with Crippen molar-refractivity contribution in [2.24, 2.45) is 0 Å². The van der Waals surface area contributed by atoms with Crippen LogP contribution in [-0.2, 0) is 4.79 Å². The van der Waals surface area contributed by atoms with Gasteiger partial charge in [0.1, 0.15) is 0 Å². The van der Waals surface area contributed by atoms with Crippen LogP contribution in [0, 0.1) is 0 Å². The third-order valence-corrected chi connectivity index (χ3v) is 5.62. The van der Waals surface area contributed by atoms with Crippen LogP contribution in [0.1, 0.15) is 6.42 Å². The molecule has 1 aliphatic rings. The van der Waals surface area contributed by atoms with E-state index in [-0.39, 0.29) is 17.6 Å². The summed E-state index contributed by atoms with van der Waals surface area (Å²) in [5.41, 5.74) is 1.38. The van der Waals surface area contributed by atoms with E-state index in [1.54, 1.807) is 23.1 Å². The van der Waals surface area contributed by atoms with Crippen molar-refractivity contribution >= 4 is 62.6 Å². The van der Waals surface area contributed by atoms with E-state index in [1.807, 2.05) is 5.38 Å². The van der Waals surface area contributed by atoms with Gasteiger partial charge in [-0.15, -0.1) is 11.3 Å². The highest BCUT2D eigenvalue weighted by molar-refractivity contribution is 8.13. The minimum Gasteiger partial charge on any atom is -0.332 e. The van der Waals surface area contributed by atoms with Crippen LogP contribution in [0.15, 0.2) is 23.6 Å². The van der Waals surface area contributed by atoms with Gasteiger partial charge in [0, 0.05) is 41.2 Å². The Balaban J connectivity index is 1.60. The summed E-state index contributed by atoms with van der Waals surface area (Å²) in [6, 6.07) is 5.16. The molecule has 0 unspecified atom stereocenters. The Morgan fingerprint density at radius 2 is 2.21 bits per heavy atom. The maximum absolute atomic E-state index is 12.0. The zero-order chi connectivity index (χ0) is 17.1. The van der Waals surface area contributed by atoms with E-state index in [1.165, 1.54) is 23.1 Å². The molecule has 2 aromatic rings. The first kappa shape index (κ1) is 17.5. The third kappa shape index (κ3) is 4.22. The van der Waals surface area contributed by atoms with Crippen LogP contribution < -0.4 is 5.32 Å². The molecule has 0 saturated carbocycles. The predicted molar refractivity (Wildman–Crippen MR) is 100 cm³/mol. The lowest BCUT2D eigenvalue weighted by atomic mass is 10.2. The van der Waals surface area contributed by atoms with Crippen molar-refractivity contribution in [1.82, 2.24) is 9.88 Å². The number of aromatic nitrogens is 1. The van der Waals surface area contributed by atoms with Gasteiger partial charge in [0.25, 0.3) is 5.24 Å². The SMILES string of the molecule is O=C(CCN1CCSC1=O)Nc1nc(-c2cc(Cl)ccc2Cl)cs1. The molecular weight excluding hydrogens is 389 g/mol. The van der Waals surface area contributed by atoms with Crippen LogP contribution in [0.4, 0.5) is 9.93 Å². The summed E-state index contributed by atoms with van der Waals surface area (Å²) >= 11 is 14.8. The average Bonchev–Trinajstić information content (AvgIpc) is 3.17. The summed E-state index contributed by atoms with van der Waals surface area (Å²) in [5, 5.41) is 6.22. The first-order valence-corrected chi connectivity index (χ1v) is 9.77. The van der Waals surface area contributed by atoms with Crippen LogP contribution in [0.25, 0.3) is 11.3 Å². The molecule has 0 atom stereocenters. The van der Waals surface area contributed by atoms with E-state index >= 15 is 0 Å². The lowest BCUT2D eigenvalue weighted by molar-refractivity contribution is -0.116. The highest BCUT2D eigenvalue weighted by Crippen LogP contribution is 2.32. The van der Waals surface area contributed by atoms with E-state index in [0.29, 0.717) is 34.0 Å². The maximum atomic E-state index is 12.0. The zero-order valence-electron chi connectivity index (χ0n) is 12.4. The molecule has 0 aliphatic carbocycles. The predicted octanol–water partition coefficient (Wildman–Crippen LogP) is 4.61. The Morgan fingerprint density at radius 3 is 2.96 bits per heavy atom. The second-order valence-electron chi connectivity index (χ2n) is 5.06. The molecule has 24 heavy (non-hydrogen) atoms. The molecule has 126 valence electrons. The Bertz CT molecular complexity index is 782. The second-order valence-corrected chi connectivity index (χ2v) is 7.81. The van der Waals surface area contributed by atoms with Crippen LogP contribution in [0.5, 0.6) is 0 Å². The monoisotopic (exact) mass is 401 g/mol. The number of thioether (sulfide) groups is 1. The number of thiazole rings is 1. The van der Waals surface area contributed by atoms with Gasteiger partial charge in [0.15, 0.2) is 5.13 Å². The smallest absolute Gasteiger partial charge is 0.281 e. The Labute approximate surface area is 157 Å². The molecule has 0 spiro atoms. The molecule has 1 aliphatic heterocycles. The van der Waals surface area contributed by atoms with Gasteiger partial charge < -0.3 is 10.2 Å². The van der Waals surface area contributed by atoms with E-state index in [9.17, 15) is 9.59 Å². The average molecular weight is 402 g/mol. The van der Waals surface area contributed by atoms with Gasteiger partial charge in [-0.3, -0.25) is 9.59 Å². The topological polar surface area (TPSA) is 62.3 Å². The number of hydrogen-bond donors (Lipinski definition) is 1. The van der Waals surface area contributed by atoms with Crippen molar-refractivity contribution in [2.75, 3.05) is 24.2 Å². The van der Waals surface area contributed by atoms with Crippen molar-refractivity contribution in [3.05, 3.63) is 33.6 Å². The summed E-state index contributed by atoms with van der Waals surface area (Å²) in [5.74, 6) is 0.620. The maximum Gasteiger partial charge on any atom is 0.281 e. The number of nitrogens with one attached hydrogen (secondary N) is 1. The van der Waals surface area contributed by atoms with Crippen molar-refractivity contribution in [3.63, 3.8) is 0 Å². The number of halogens is 2. The molecule has 1 aromatic carbocycles. The van der Waals surface area contributed by atoms with Gasteiger partial charge in [-0.25, -0.2) is 4.98 Å². The lowest BCUT2D eigenvalue weighted by Crippen LogP contribution is -2.27. The van der Waals surface area contributed by atoms with Crippen molar-refractivity contribution in [3.8, 4) is 11.3 Å². The fourth-order valence-electron chi connectivity index (χ4n) is 2.20. The molecule has 1 saturated heterocycles. The number of anilines is 1. The molecule has 1 aromatic heterocycles. The summed E-state index contributed by atoms with van der Waals surface area (Å²) in [7, 11) is 0. The number of hydrogen-bond acceptors (Lipinski definition) is 5. The molecule has 3 rings (SSSR count). The number of amides is 2. The Morgan fingerprint density at radius 1 is 1.38 bits per heavy atom. The molecule has 0 radical (unpaired) electrons. The van der Waals surface area contributed by atoms with Gasteiger partial charge in [-0.2, -0.15) is 0 Å². The van der Waals surface area contributed by atoms with E-state index in [2.05, 4.69) is 10.3 Å². The fourth-order valence-corrected chi connectivity index (χ4v) is 4.16. The summed E-state index contributed by atoms with van der Waals surface area (Å²) < 4.78 is 0. The number of benzene rings is 1. The van der Waals surface area contributed by atoms with Gasteiger partial charge in [0.05, 0.1) is 10.7 Å². The number of carbonyl (C=O) groups excluding carboxylic acids is 2. The minimum atomic E-state index is -0.169. The van der Waals surface area contributed by atoms with E-state index in [4.69, 9.17) is 23.2 Å². The molecule has 1 N–H and O–H groups in total. The third-order valence-electron chi connectivity index (χ3n) is 3.41. The first-order valence-electron chi connectivity index (χ1n) is 7.15. The minimum absolute atomic E-state index is 0.0370. The van der Waals surface area contributed by atoms with Crippen molar-refractivity contribution in [1.29, 1.82) is 0 Å². The summed E-state index contributed by atoms with van der Waals surface area (Å²) in [4.78, 5) is 29.6. The second kappa shape index (κ2) is 7.74. The van der Waals surface area contributed by atoms with E-state index in [0.717, 1.165) is 11.3 Å². The highest BCUT2D eigenvalue weighted by Gasteiger charge is 2.21. The number of carbonyl (C=O) groups is 2. The number of rotatable bonds is 5. The molecule has 1 fully saturated rings. The van der Waals surface area contributed by atoms with Crippen LogP contribution in [0.2, 0.25) is 10.0 Å². The van der Waals surface area contributed by atoms with Gasteiger partial charge in [-0.1, -0.05) is 35.0 Å².